The van der Waals surface area contributed by atoms with Gasteiger partial charge in [-0.05, 0) is 62.3 Å². The van der Waals surface area contributed by atoms with Crippen LogP contribution in [0.25, 0.3) is 11.0 Å². The number of nitrogens with one attached hydrogen (secondary N) is 1. The second-order valence-corrected chi connectivity index (χ2v) is 9.99. The van der Waals surface area contributed by atoms with Crippen molar-refractivity contribution in [2.75, 3.05) is 26.2 Å². The molecule has 5 rings (SSSR count). The van der Waals surface area contributed by atoms with E-state index in [2.05, 4.69) is 27.8 Å². The zero-order chi connectivity index (χ0) is 24.8. The Morgan fingerprint density at radius 3 is 2.69 bits per heavy atom. The number of aryl methyl sites for hydroxylation is 2. The van der Waals surface area contributed by atoms with Crippen LogP contribution in [0.15, 0.2) is 48.5 Å². The second-order valence-electron chi connectivity index (χ2n) is 9.99. The molecule has 36 heavy (non-hydrogen) atoms. The van der Waals surface area contributed by atoms with Crippen molar-refractivity contribution in [3.8, 4) is 5.75 Å². The number of ether oxygens (including phenoxy) is 1. The van der Waals surface area contributed by atoms with Gasteiger partial charge in [-0.1, -0.05) is 42.0 Å². The first-order valence-electron chi connectivity index (χ1n) is 13.2. The molecule has 2 aliphatic rings. The van der Waals surface area contributed by atoms with Crippen molar-refractivity contribution in [1.29, 1.82) is 0 Å². The number of piperidine rings is 1. The number of carbonyl (C=O) groups excluding carboxylic acids is 2. The van der Waals surface area contributed by atoms with E-state index in [0.29, 0.717) is 52.0 Å². The molecular formula is C28H35N5O3. The van der Waals surface area contributed by atoms with Crippen molar-refractivity contribution >= 4 is 22.8 Å². The third-order valence-electron chi connectivity index (χ3n) is 7.70. The predicted molar refractivity (Wildman–Crippen MR) is 138 cm³/mol. The minimum absolute atomic E-state index is 0.114. The number of hydrogen-bond donors (Lipinski definition) is 1. The summed E-state index contributed by atoms with van der Waals surface area (Å²) in [7, 11) is 0. The molecule has 1 spiro atoms. The number of para-hydroxylation sites is 2. The highest BCUT2D eigenvalue weighted by atomic mass is 16.5. The first-order valence-corrected chi connectivity index (χ1v) is 13.2. The molecule has 0 atom stereocenters. The molecule has 3 aromatic rings. The van der Waals surface area contributed by atoms with E-state index in [-0.39, 0.29) is 11.8 Å². The van der Waals surface area contributed by atoms with Gasteiger partial charge in [0.15, 0.2) is 0 Å². The molecule has 1 fully saturated rings. The highest BCUT2D eigenvalue weighted by Gasteiger charge is 2.41. The summed E-state index contributed by atoms with van der Waals surface area (Å²) in [5.41, 5.74) is 2.62. The molecule has 8 nitrogen and oxygen atoms in total. The Morgan fingerprint density at radius 2 is 1.81 bits per heavy atom. The number of aromatic nitrogens is 3. The van der Waals surface area contributed by atoms with Crippen molar-refractivity contribution in [2.45, 2.75) is 57.9 Å². The van der Waals surface area contributed by atoms with Gasteiger partial charge in [0, 0.05) is 26.1 Å². The Morgan fingerprint density at radius 1 is 1.00 bits per heavy atom. The van der Waals surface area contributed by atoms with E-state index < -0.39 is 5.41 Å². The summed E-state index contributed by atoms with van der Waals surface area (Å²) >= 11 is 0. The lowest BCUT2D eigenvalue weighted by Crippen LogP contribution is -2.50. The monoisotopic (exact) mass is 489 g/mol. The van der Waals surface area contributed by atoms with Crippen LogP contribution < -0.4 is 10.1 Å². The largest absolute Gasteiger partial charge is 0.493 e. The lowest BCUT2D eigenvalue weighted by molar-refractivity contribution is -0.141. The van der Waals surface area contributed by atoms with Crippen LogP contribution in [0.1, 0.15) is 50.5 Å². The van der Waals surface area contributed by atoms with Crippen molar-refractivity contribution < 1.29 is 14.3 Å². The van der Waals surface area contributed by atoms with E-state index in [1.54, 1.807) is 4.68 Å². The van der Waals surface area contributed by atoms with Gasteiger partial charge in [0.2, 0.25) is 11.8 Å². The molecule has 190 valence electrons. The molecule has 1 aromatic heterocycles. The van der Waals surface area contributed by atoms with Crippen LogP contribution in [0, 0.1) is 5.41 Å². The zero-order valence-corrected chi connectivity index (χ0v) is 20.8. The predicted octanol–water partition coefficient (Wildman–Crippen LogP) is 3.74. The van der Waals surface area contributed by atoms with E-state index in [0.717, 1.165) is 48.9 Å². The molecule has 8 heteroatoms. The highest BCUT2D eigenvalue weighted by molar-refractivity contribution is 5.83. The highest BCUT2D eigenvalue weighted by Crippen LogP contribution is 2.38. The summed E-state index contributed by atoms with van der Waals surface area (Å²) in [6.07, 6.45) is 6.39. The molecule has 0 saturated carbocycles. The molecular weight excluding hydrogens is 454 g/mol. The van der Waals surface area contributed by atoms with Crippen LogP contribution in [0.4, 0.5) is 0 Å². The van der Waals surface area contributed by atoms with Gasteiger partial charge in [-0.3, -0.25) is 9.59 Å². The lowest BCUT2D eigenvalue weighted by atomic mass is 9.73. The number of nitrogens with zero attached hydrogens (tertiary/aromatic N) is 4. The maximum absolute atomic E-state index is 13.3. The van der Waals surface area contributed by atoms with Crippen molar-refractivity contribution in [1.82, 2.24) is 25.2 Å². The molecule has 1 saturated heterocycles. The van der Waals surface area contributed by atoms with Crippen LogP contribution in [0.3, 0.4) is 0 Å². The molecule has 2 aliphatic heterocycles. The third kappa shape index (κ3) is 5.37. The van der Waals surface area contributed by atoms with E-state index >= 15 is 0 Å². The van der Waals surface area contributed by atoms with Gasteiger partial charge >= 0.3 is 0 Å². The Labute approximate surface area is 212 Å². The van der Waals surface area contributed by atoms with Crippen LogP contribution >= 0.6 is 0 Å². The maximum atomic E-state index is 13.3. The Balaban J connectivity index is 1.18. The molecule has 0 unspecified atom stereocenters. The molecule has 0 aliphatic carbocycles. The van der Waals surface area contributed by atoms with Gasteiger partial charge in [0.25, 0.3) is 0 Å². The summed E-state index contributed by atoms with van der Waals surface area (Å²) in [6, 6.07) is 16.0. The molecule has 0 bridgehead atoms. The topological polar surface area (TPSA) is 89.3 Å². The first kappa shape index (κ1) is 24.3. The van der Waals surface area contributed by atoms with Crippen molar-refractivity contribution in [3.63, 3.8) is 0 Å². The normalized spacial score (nSPS) is 18.9. The standard InChI is InChI=1S/C28H35N5O3/c34-26(13-18-33-24-11-3-2-10-23(24)30-31-33)32-19-15-28(16-20-32)14-6-5-9-22-8-1-4-12-25(22)36-21-7-17-29-27(28)35/h1-4,8,10-12H,5-7,9,13-21H2,(H,29,35). The fourth-order valence-electron chi connectivity index (χ4n) is 5.49. The van der Waals surface area contributed by atoms with Crippen LogP contribution in [-0.2, 0) is 22.6 Å². The summed E-state index contributed by atoms with van der Waals surface area (Å²) < 4.78 is 7.78. The third-order valence-corrected chi connectivity index (χ3v) is 7.70. The number of fused-ring (bicyclic) bond motifs is 2. The van der Waals surface area contributed by atoms with E-state index in [1.807, 2.05) is 41.3 Å². The first-order chi connectivity index (χ1) is 17.6. The van der Waals surface area contributed by atoms with Gasteiger partial charge in [-0.15, -0.1) is 5.10 Å². The van der Waals surface area contributed by atoms with E-state index in [4.69, 9.17) is 4.74 Å². The van der Waals surface area contributed by atoms with Crippen molar-refractivity contribution in [2.24, 2.45) is 5.41 Å². The number of amides is 2. The van der Waals surface area contributed by atoms with Crippen LogP contribution in [-0.4, -0.2) is 57.9 Å². The van der Waals surface area contributed by atoms with Gasteiger partial charge in [-0.25, -0.2) is 4.68 Å². The average Bonchev–Trinajstić information content (AvgIpc) is 3.33. The van der Waals surface area contributed by atoms with Gasteiger partial charge < -0.3 is 15.0 Å². The zero-order valence-electron chi connectivity index (χ0n) is 20.8. The quantitative estimate of drug-likeness (QED) is 0.605. The molecule has 1 N–H and O–H groups in total. The van der Waals surface area contributed by atoms with Crippen LogP contribution in [0.2, 0.25) is 0 Å². The number of rotatable bonds is 3. The number of carbonyl (C=O) groups is 2. The second kappa shape index (κ2) is 11.1. The van der Waals surface area contributed by atoms with Crippen molar-refractivity contribution in [3.05, 3.63) is 54.1 Å². The summed E-state index contributed by atoms with van der Waals surface area (Å²) in [6.45, 7) is 2.95. The average molecular weight is 490 g/mol. The van der Waals surface area contributed by atoms with Gasteiger partial charge in [-0.2, -0.15) is 0 Å². The smallest absolute Gasteiger partial charge is 0.226 e. The minimum atomic E-state index is -0.396. The van der Waals surface area contributed by atoms with Crippen LogP contribution in [0.5, 0.6) is 5.75 Å². The maximum Gasteiger partial charge on any atom is 0.226 e. The molecule has 2 amide bonds. The fourth-order valence-corrected chi connectivity index (χ4v) is 5.49. The number of benzene rings is 2. The van der Waals surface area contributed by atoms with Gasteiger partial charge in [0.1, 0.15) is 11.3 Å². The van der Waals surface area contributed by atoms with Gasteiger partial charge in [0.05, 0.1) is 24.1 Å². The summed E-state index contributed by atoms with van der Waals surface area (Å²) in [4.78, 5) is 28.2. The summed E-state index contributed by atoms with van der Waals surface area (Å²) in [5, 5.41) is 11.5. The van der Waals surface area contributed by atoms with E-state index in [1.165, 1.54) is 5.56 Å². The molecule has 0 radical (unpaired) electrons. The molecule has 3 heterocycles. The fraction of sp³-hybridized carbons (Fsp3) is 0.500. The summed E-state index contributed by atoms with van der Waals surface area (Å²) in [5.74, 6) is 1.21. The number of hydrogen-bond acceptors (Lipinski definition) is 5. The van der Waals surface area contributed by atoms with E-state index in [9.17, 15) is 9.59 Å². The Kier molecular flexibility index (Phi) is 7.49. The Hall–Kier alpha value is -3.42. The number of likely N-dealkylation sites (tertiary alicyclic amines) is 1. The SMILES string of the molecule is O=C(CCn1nnc2ccccc21)N1CCC2(CCCCc3ccccc3OCCCNC2=O)CC1. The Bertz CT molecular complexity index is 1200. The lowest BCUT2D eigenvalue weighted by Gasteiger charge is -2.41. The minimum Gasteiger partial charge on any atom is -0.493 e. The molecule has 2 aromatic carbocycles.